The number of amides is 1. The molecular weight excluding hydrogens is 270 g/mol. The maximum atomic E-state index is 12.1. The fourth-order valence-corrected chi connectivity index (χ4v) is 3.62. The molecular formula is C15H23N3OS. The molecule has 0 aromatic carbocycles. The third kappa shape index (κ3) is 2.92. The van der Waals surface area contributed by atoms with Crippen molar-refractivity contribution in [2.24, 2.45) is 5.92 Å². The van der Waals surface area contributed by atoms with Crippen molar-refractivity contribution >= 4 is 27.9 Å². The van der Waals surface area contributed by atoms with Crippen LogP contribution in [0.5, 0.6) is 0 Å². The standard InChI is InChI=1S/C15H23N3OS/c1-2-18(9-10-4-3-5-10)13-8-12(16)14(20-13)15(19)17-11-6-7-11/h8,10-11H,2-7,9,16H2,1H3,(H,17,19). The van der Waals surface area contributed by atoms with Crippen LogP contribution in [0.15, 0.2) is 6.07 Å². The van der Waals surface area contributed by atoms with Gasteiger partial charge in [0, 0.05) is 19.1 Å². The van der Waals surface area contributed by atoms with E-state index < -0.39 is 0 Å². The Hall–Kier alpha value is -1.23. The number of carbonyl (C=O) groups excluding carboxylic acids is 1. The molecule has 20 heavy (non-hydrogen) atoms. The quantitative estimate of drug-likeness (QED) is 0.848. The van der Waals surface area contributed by atoms with Crippen LogP contribution in [0, 0.1) is 5.92 Å². The second kappa shape index (κ2) is 5.64. The molecule has 4 nitrogen and oxygen atoms in total. The number of nitrogens with one attached hydrogen (secondary N) is 1. The summed E-state index contributed by atoms with van der Waals surface area (Å²) in [6.07, 6.45) is 6.25. The first-order valence-electron chi connectivity index (χ1n) is 7.62. The van der Waals surface area contributed by atoms with Crippen molar-refractivity contribution in [3.05, 3.63) is 10.9 Å². The fourth-order valence-electron chi connectivity index (χ4n) is 2.57. The molecule has 1 aromatic rings. The summed E-state index contributed by atoms with van der Waals surface area (Å²) >= 11 is 1.54. The van der Waals surface area contributed by atoms with E-state index in [0.717, 1.165) is 36.9 Å². The Labute approximate surface area is 124 Å². The lowest BCUT2D eigenvalue weighted by Gasteiger charge is -2.32. The van der Waals surface area contributed by atoms with E-state index >= 15 is 0 Å². The Kier molecular flexibility index (Phi) is 3.87. The van der Waals surface area contributed by atoms with Crippen LogP contribution >= 0.6 is 11.3 Å². The molecule has 5 heteroatoms. The molecule has 2 aliphatic carbocycles. The van der Waals surface area contributed by atoms with Gasteiger partial charge in [0.2, 0.25) is 0 Å². The molecule has 2 fully saturated rings. The molecule has 0 radical (unpaired) electrons. The van der Waals surface area contributed by atoms with E-state index in [1.807, 2.05) is 6.07 Å². The SMILES string of the molecule is CCN(CC1CCC1)c1cc(N)c(C(=O)NC2CC2)s1. The van der Waals surface area contributed by atoms with Gasteiger partial charge >= 0.3 is 0 Å². The van der Waals surface area contributed by atoms with Crippen molar-refractivity contribution in [2.75, 3.05) is 23.7 Å². The summed E-state index contributed by atoms with van der Waals surface area (Å²) in [5.41, 5.74) is 6.65. The summed E-state index contributed by atoms with van der Waals surface area (Å²) in [4.78, 5) is 15.2. The molecule has 0 aliphatic heterocycles. The van der Waals surface area contributed by atoms with Gasteiger partial charge in [-0.1, -0.05) is 6.42 Å². The molecule has 0 spiro atoms. The number of hydrogen-bond donors (Lipinski definition) is 2. The molecule has 1 aromatic heterocycles. The Morgan fingerprint density at radius 2 is 2.20 bits per heavy atom. The van der Waals surface area contributed by atoms with Crippen molar-refractivity contribution in [3.63, 3.8) is 0 Å². The number of carbonyl (C=O) groups is 1. The zero-order valence-electron chi connectivity index (χ0n) is 12.0. The topological polar surface area (TPSA) is 58.4 Å². The van der Waals surface area contributed by atoms with Gasteiger partial charge in [0.25, 0.3) is 5.91 Å². The minimum Gasteiger partial charge on any atom is -0.397 e. The minimum absolute atomic E-state index is 0.000877. The van der Waals surface area contributed by atoms with Crippen LogP contribution in [0.25, 0.3) is 0 Å². The molecule has 110 valence electrons. The first-order valence-corrected chi connectivity index (χ1v) is 8.44. The largest absolute Gasteiger partial charge is 0.397 e. The first-order chi connectivity index (χ1) is 9.67. The van der Waals surface area contributed by atoms with Gasteiger partial charge < -0.3 is 16.0 Å². The Morgan fingerprint density at radius 1 is 1.45 bits per heavy atom. The van der Waals surface area contributed by atoms with Crippen LogP contribution < -0.4 is 16.0 Å². The summed E-state index contributed by atoms with van der Waals surface area (Å²) < 4.78 is 0. The predicted molar refractivity (Wildman–Crippen MR) is 84.4 cm³/mol. The van der Waals surface area contributed by atoms with E-state index in [9.17, 15) is 4.79 Å². The zero-order valence-corrected chi connectivity index (χ0v) is 12.8. The van der Waals surface area contributed by atoms with Crippen molar-refractivity contribution in [3.8, 4) is 0 Å². The Bertz CT molecular complexity index is 491. The van der Waals surface area contributed by atoms with Crippen LogP contribution in [0.4, 0.5) is 10.7 Å². The zero-order chi connectivity index (χ0) is 14.1. The third-order valence-electron chi connectivity index (χ3n) is 4.26. The second-order valence-electron chi connectivity index (χ2n) is 5.95. The monoisotopic (exact) mass is 293 g/mol. The summed E-state index contributed by atoms with van der Waals surface area (Å²) in [7, 11) is 0. The summed E-state index contributed by atoms with van der Waals surface area (Å²) in [6, 6.07) is 2.35. The van der Waals surface area contributed by atoms with Gasteiger partial charge in [0.15, 0.2) is 0 Å². The second-order valence-corrected chi connectivity index (χ2v) is 6.98. The lowest BCUT2D eigenvalue weighted by atomic mass is 9.85. The average Bonchev–Trinajstić information content (AvgIpc) is 3.09. The van der Waals surface area contributed by atoms with Crippen molar-refractivity contribution in [2.45, 2.75) is 45.1 Å². The number of anilines is 2. The normalized spacial score (nSPS) is 18.6. The van der Waals surface area contributed by atoms with Gasteiger partial charge in [-0.3, -0.25) is 4.79 Å². The molecule has 0 unspecified atom stereocenters. The first kappa shape index (κ1) is 13.7. The number of nitrogens with zero attached hydrogens (tertiary/aromatic N) is 1. The third-order valence-corrected chi connectivity index (χ3v) is 5.47. The highest BCUT2D eigenvalue weighted by molar-refractivity contribution is 7.18. The Morgan fingerprint density at radius 3 is 2.75 bits per heavy atom. The molecule has 3 N–H and O–H groups in total. The lowest BCUT2D eigenvalue weighted by Crippen LogP contribution is -2.31. The van der Waals surface area contributed by atoms with E-state index in [2.05, 4.69) is 17.1 Å². The van der Waals surface area contributed by atoms with Crippen LogP contribution in [0.1, 0.15) is 48.7 Å². The van der Waals surface area contributed by atoms with Gasteiger partial charge in [-0.15, -0.1) is 11.3 Å². The number of rotatable bonds is 6. The van der Waals surface area contributed by atoms with Gasteiger partial charge in [-0.05, 0) is 44.6 Å². The van der Waals surface area contributed by atoms with E-state index in [0.29, 0.717) is 16.6 Å². The highest BCUT2D eigenvalue weighted by Crippen LogP contribution is 2.35. The van der Waals surface area contributed by atoms with Gasteiger partial charge in [0.05, 0.1) is 10.7 Å². The molecule has 0 saturated heterocycles. The van der Waals surface area contributed by atoms with E-state index in [1.165, 1.54) is 30.6 Å². The van der Waals surface area contributed by atoms with Crippen LogP contribution in [-0.4, -0.2) is 25.0 Å². The molecule has 1 amide bonds. The summed E-state index contributed by atoms with van der Waals surface area (Å²) in [5.74, 6) is 0.822. The van der Waals surface area contributed by atoms with E-state index in [1.54, 1.807) is 0 Å². The van der Waals surface area contributed by atoms with E-state index in [-0.39, 0.29) is 5.91 Å². The maximum absolute atomic E-state index is 12.1. The van der Waals surface area contributed by atoms with Gasteiger partial charge in [-0.25, -0.2) is 0 Å². The smallest absolute Gasteiger partial charge is 0.263 e. The fraction of sp³-hybridized carbons (Fsp3) is 0.667. The highest BCUT2D eigenvalue weighted by atomic mass is 32.1. The molecule has 0 atom stereocenters. The number of nitrogens with two attached hydrogens (primary N) is 1. The molecule has 2 aliphatic rings. The molecule has 2 saturated carbocycles. The highest BCUT2D eigenvalue weighted by Gasteiger charge is 2.27. The average molecular weight is 293 g/mol. The van der Waals surface area contributed by atoms with Gasteiger partial charge in [-0.2, -0.15) is 0 Å². The van der Waals surface area contributed by atoms with Crippen LogP contribution in [-0.2, 0) is 0 Å². The van der Waals surface area contributed by atoms with E-state index in [4.69, 9.17) is 5.73 Å². The number of nitrogen functional groups attached to an aromatic ring is 1. The molecule has 1 heterocycles. The van der Waals surface area contributed by atoms with Crippen LogP contribution in [0.2, 0.25) is 0 Å². The lowest BCUT2D eigenvalue weighted by molar-refractivity contribution is 0.0956. The number of thiophene rings is 1. The Balaban J connectivity index is 1.69. The van der Waals surface area contributed by atoms with Crippen LogP contribution in [0.3, 0.4) is 0 Å². The summed E-state index contributed by atoms with van der Waals surface area (Å²) in [5, 5.41) is 4.15. The minimum atomic E-state index is 0.000877. The molecule has 0 bridgehead atoms. The van der Waals surface area contributed by atoms with Crippen molar-refractivity contribution in [1.29, 1.82) is 0 Å². The van der Waals surface area contributed by atoms with Gasteiger partial charge in [0.1, 0.15) is 4.88 Å². The summed E-state index contributed by atoms with van der Waals surface area (Å²) in [6.45, 7) is 4.23. The molecule has 3 rings (SSSR count). The number of hydrogen-bond acceptors (Lipinski definition) is 4. The predicted octanol–water partition coefficient (Wildman–Crippen LogP) is 2.85. The van der Waals surface area contributed by atoms with Crippen molar-refractivity contribution in [1.82, 2.24) is 5.32 Å². The van der Waals surface area contributed by atoms with Crippen molar-refractivity contribution < 1.29 is 4.79 Å². The maximum Gasteiger partial charge on any atom is 0.263 e.